The molecule has 0 saturated heterocycles. The molecule has 0 saturated carbocycles. The van der Waals surface area contributed by atoms with E-state index in [-0.39, 0.29) is 0 Å². The fourth-order valence-electron chi connectivity index (χ4n) is 1.76. The zero-order valence-corrected chi connectivity index (χ0v) is 14.6. The van der Waals surface area contributed by atoms with E-state index in [0.717, 1.165) is 11.8 Å². The molecule has 0 nitrogen and oxygen atoms in total. The lowest BCUT2D eigenvalue weighted by molar-refractivity contribution is 0.781. The second kappa shape index (κ2) is 6.50. The molecule has 1 unspecified atom stereocenters. The molecule has 0 bridgehead atoms. The summed E-state index contributed by atoms with van der Waals surface area (Å²) in [5.41, 5.74) is 1.37. The summed E-state index contributed by atoms with van der Waals surface area (Å²) in [5.74, 6) is 0.510. The Balaban J connectivity index is 2.20. The predicted octanol–water partition coefficient (Wildman–Crippen LogP) is 5.99. The highest BCUT2D eigenvalue weighted by Gasteiger charge is 2.14. The number of alkyl halides is 1. The third-order valence-corrected chi connectivity index (χ3v) is 5.82. The topological polar surface area (TPSA) is 0 Å². The van der Waals surface area contributed by atoms with Gasteiger partial charge in [0.15, 0.2) is 0 Å². The van der Waals surface area contributed by atoms with E-state index < -0.39 is 0 Å². The van der Waals surface area contributed by atoms with Crippen LogP contribution in [-0.2, 0) is 6.42 Å². The van der Waals surface area contributed by atoms with E-state index in [1.807, 2.05) is 11.3 Å². The maximum atomic E-state index is 3.63. The first-order chi connectivity index (χ1) is 8.20. The van der Waals surface area contributed by atoms with E-state index in [0.29, 0.717) is 5.92 Å². The van der Waals surface area contributed by atoms with E-state index in [4.69, 9.17) is 0 Å². The standard InChI is InChI=1S/C13H11Br3S/c14-7-9(5-11-6-10(15)8-17-11)12-3-1-2-4-13(12)16/h1-4,6,8-9H,5,7H2. The largest absolute Gasteiger partial charge is 0.148 e. The summed E-state index contributed by atoms with van der Waals surface area (Å²) in [7, 11) is 0. The molecule has 1 heterocycles. The van der Waals surface area contributed by atoms with Crippen molar-refractivity contribution in [3.8, 4) is 0 Å². The van der Waals surface area contributed by atoms with E-state index in [9.17, 15) is 0 Å². The maximum absolute atomic E-state index is 3.63. The van der Waals surface area contributed by atoms with Crippen LogP contribution >= 0.6 is 59.1 Å². The minimum Gasteiger partial charge on any atom is -0.148 e. The van der Waals surface area contributed by atoms with Gasteiger partial charge in [0.25, 0.3) is 0 Å². The second-order valence-electron chi connectivity index (χ2n) is 3.81. The van der Waals surface area contributed by atoms with Crippen molar-refractivity contribution in [1.82, 2.24) is 0 Å². The van der Waals surface area contributed by atoms with Gasteiger partial charge in [-0.05, 0) is 46.0 Å². The summed E-state index contributed by atoms with van der Waals surface area (Å²) in [4.78, 5) is 1.41. The third kappa shape index (κ3) is 3.66. The average molecular weight is 439 g/mol. The number of hydrogen-bond donors (Lipinski definition) is 0. The van der Waals surface area contributed by atoms with Gasteiger partial charge in [-0.25, -0.2) is 0 Å². The molecule has 0 aliphatic heterocycles. The minimum absolute atomic E-state index is 0.510. The van der Waals surface area contributed by atoms with Gasteiger partial charge in [-0.2, -0.15) is 0 Å². The number of halogens is 3. The lowest BCUT2D eigenvalue weighted by atomic mass is 9.97. The van der Waals surface area contributed by atoms with Crippen LogP contribution in [0.5, 0.6) is 0 Å². The Hall–Kier alpha value is 0.360. The molecule has 0 aliphatic carbocycles. The van der Waals surface area contributed by atoms with Crippen LogP contribution in [0.3, 0.4) is 0 Å². The van der Waals surface area contributed by atoms with Gasteiger partial charge in [-0.15, -0.1) is 11.3 Å². The highest BCUT2D eigenvalue weighted by molar-refractivity contribution is 9.11. The minimum atomic E-state index is 0.510. The molecule has 0 aliphatic rings. The zero-order chi connectivity index (χ0) is 12.3. The molecule has 2 rings (SSSR count). The normalized spacial score (nSPS) is 12.6. The van der Waals surface area contributed by atoms with Gasteiger partial charge >= 0.3 is 0 Å². The van der Waals surface area contributed by atoms with Crippen LogP contribution in [0, 0.1) is 0 Å². The summed E-state index contributed by atoms with van der Waals surface area (Å²) in [6, 6.07) is 10.7. The molecule has 0 radical (unpaired) electrons. The van der Waals surface area contributed by atoms with Crippen molar-refractivity contribution in [3.63, 3.8) is 0 Å². The van der Waals surface area contributed by atoms with Crippen molar-refractivity contribution in [2.24, 2.45) is 0 Å². The Kier molecular flexibility index (Phi) is 5.27. The Bertz CT molecular complexity index is 493. The number of rotatable bonds is 4. The van der Waals surface area contributed by atoms with Crippen LogP contribution in [0.25, 0.3) is 0 Å². The van der Waals surface area contributed by atoms with E-state index in [2.05, 4.69) is 83.5 Å². The molecule has 1 aromatic carbocycles. The number of thiophene rings is 1. The summed E-state index contributed by atoms with van der Waals surface area (Å²) in [6.07, 6.45) is 1.07. The van der Waals surface area contributed by atoms with Crippen LogP contribution in [0.1, 0.15) is 16.4 Å². The van der Waals surface area contributed by atoms with Gasteiger partial charge in [0.2, 0.25) is 0 Å². The molecule has 1 atom stereocenters. The monoisotopic (exact) mass is 436 g/mol. The smallest absolute Gasteiger partial charge is 0.0285 e. The highest BCUT2D eigenvalue weighted by atomic mass is 79.9. The lowest BCUT2D eigenvalue weighted by Gasteiger charge is -2.15. The molecular formula is C13H11Br3S. The molecule has 0 amide bonds. The van der Waals surface area contributed by atoms with Gasteiger partial charge in [-0.1, -0.05) is 50.1 Å². The van der Waals surface area contributed by atoms with Gasteiger partial charge in [0.05, 0.1) is 0 Å². The van der Waals surface area contributed by atoms with Crippen molar-refractivity contribution < 1.29 is 0 Å². The van der Waals surface area contributed by atoms with Gasteiger partial charge in [0.1, 0.15) is 0 Å². The van der Waals surface area contributed by atoms with Crippen LogP contribution in [0.15, 0.2) is 44.7 Å². The van der Waals surface area contributed by atoms with Gasteiger partial charge in [-0.3, -0.25) is 0 Å². The van der Waals surface area contributed by atoms with E-state index in [1.165, 1.54) is 19.4 Å². The Labute approximate surface area is 131 Å². The van der Waals surface area contributed by atoms with Crippen molar-refractivity contribution in [1.29, 1.82) is 0 Å². The van der Waals surface area contributed by atoms with E-state index in [1.54, 1.807) is 0 Å². The Morgan fingerprint density at radius 2 is 1.94 bits per heavy atom. The molecule has 0 N–H and O–H groups in total. The average Bonchev–Trinajstić information content (AvgIpc) is 2.73. The fourth-order valence-corrected chi connectivity index (χ4v) is 4.48. The Morgan fingerprint density at radius 1 is 1.18 bits per heavy atom. The quantitative estimate of drug-likeness (QED) is 0.514. The van der Waals surface area contributed by atoms with Crippen molar-refractivity contribution in [2.45, 2.75) is 12.3 Å². The van der Waals surface area contributed by atoms with Crippen LogP contribution in [0.2, 0.25) is 0 Å². The van der Waals surface area contributed by atoms with Gasteiger partial charge in [0, 0.05) is 24.5 Å². The SMILES string of the molecule is BrCC(Cc1cc(Br)cs1)c1ccccc1Br. The second-order valence-corrected chi connectivity index (χ2v) is 7.22. The number of hydrogen-bond acceptors (Lipinski definition) is 1. The molecular weight excluding hydrogens is 428 g/mol. The number of benzene rings is 1. The molecule has 2 aromatic rings. The fraction of sp³-hybridized carbons (Fsp3) is 0.231. The summed E-state index contributed by atoms with van der Waals surface area (Å²) in [5, 5.41) is 3.12. The Morgan fingerprint density at radius 3 is 2.53 bits per heavy atom. The first kappa shape index (κ1) is 13.8. The van der Waals surface area contributed by atoms with Crippen LogP contribution < -0.4 is 0 Å². The highest BCUT2D eigenvalue weighted by Crippen LogP contribution is 2.31. The van der Waals surface area contributed by atoms with Crippen LogP contribution in [0.4, 0.5) is 0 Å². The zero-order valence-electron chi connectivity index (χ0n) is 9.00. The molecule has 90 valence electrons. The van der Waals surface area contributed by atoms with Crippen molar-refractivity contribution in [2.75, 3.05) is 5.33 Å². The summed E-state index contributed by atoms with van der Waals surface area (Å²) in [6.45, 7) is 0. The maximum Gasteiger partial charge on any atom is 0.0285 e. The first-order valence-electron chi connectivity index (χ1n) is 5.24. The van der Waals surface area contributed by atoms with E-state index >= 15 is 0 Å². The lowest BCUT2D eigenvalue weighted by Crippen LogP contribution is -2.04. The molecule has 4 heteroatoms. The van der Waals surface area contributed by atoms with Gasteiger partial charge < -0.3 is 0 Å². The van der Waals surface area contributed by atoms with Crippen molar-refractivity contribution in [3.05, 3.63) is 55.1 Å². The predicted molar refractivity (Wildman–Crippen MR) is 86.4 cm³/mol. The molecule has 17 heavy (non-hydrogen) atoms. The van der Waals surface area contributed by atoms with Crippen molar-refractivity contribution >= 4 is 59.1 Å². The first-order valence-corrected chi connectivity index (χ1v) is 8.82. The molecule has 1 aromatic heterocycles. The molecule has 0 fully saturated rings. The third-order valence-electron chi connectivity index (χ3n) is 2.60. The summed E-state index contributed by atoms with van der Waals surface area (Å²) < 4.78 is 2.37. The summed E-state index contributed by atoms with van der Waals surface area (Å²) >= 11 is 12.6. The van der Waals surface area contributed by atoms with Crippen LogP contribution in [-0.4, -0.2) is 5.33 Å². The molecule has 0 spiro atoms.